The molecule has 3 rings (SSSR count). The molecule has 2 heterocycles. The molecule has 1 amide bonds. The normalized spacial score (nSPS) is 26.2. The minimum atomic E-state index is -0.295. The molecule has 0 spiro atoms. The SMILES string of the molecule is CC(C)Oc1cnc2c(c1)CN(C(=O)C1(C(C)C)CCC(N)C1)CC2. The molecular weight excluding hydrogens is 314 g/mol. The molecule has 2 unspecified atom stereocenters. The number of fused-ring (bicyclic) bond motifs is 1. The van der Waals surface area contributed by atoms with Crippen LogP contribution < -0.4 is 10.5 Å². The van der Waals surface area contributed by atoms with E-state index in [0.717, 1.165) is 49.2 Å². The highest BCUT2D eigenvalue weighted by Gasteiger charge is 2.48. The Morgan fingerprint density at radius 3 is 2.76 bits per heavy atom. The van der Waals surface area contributed by atoms with Gasteiger partial charge in [0.15, 0.2) is 0 Å². The van der Waals surface area contributed by atoms with E-state index >= 15 is 0 Å². The fourth-order valence-electron chi connectivity index (χ4n) is 4.31. The quantitative estimate of drug-likeness (QED) is 0.911. The van der Waals surface area contributed by atoms with E-state index in [1.807, 2.05) is 24.8 Å². The maximum atomic E-state index is 13.4. The molecule has 1 aromatic heterocycles. The van der Waals surface area contributed by atoms with Gasteiger partial charge in [-0.05, 0) is 50.7 Å². The van der Waals surface area contributed by atoms with Crippen LogP contribution in [0.25, 0.3) is 0 Å². The van der Waals surface area contributed by atoms with Crippen molar-refractivity contribution >= 4 is 5.91 Å². The average molecular weight is 345 g/mol. The first kappa shape index (κ1) is 18.2. The number of pyridine rings is 1. The lowest BCUT2D eigenvalue weighted by Gasteiger charge is -2.39. The van der Waals surface area contributed by atoms with Crippen molar-refractivity contribution in [1.82, 2.24) is 9.88 Å². The van der Waals surface area contributed by atoms with Crippen molar-refractivity contribution in [3.63, 3.8) is 0 Å². The van der Waals surface area contributed by atoms with Crippen LogP contribution in [0.5, 0.6) is 5.75 Å². The second kappa shape index (κ2) is 6.94. The molecule has 0 radical (unpaired) electrons. The Morgan fingerprint density at radius 1 is 1.40 bits per heavy atom. The first-order chi connectivity index (χ1) is 11.8. The Kier molecular flexibility index (Phi) is 5.05. The number of ether oxygens (including phenoxy) is 1. The van der Waals surface area contributed by atoms with Gasteiger partial charge in [0.2, 0.25) is 5.91 Å². The molecule has 1 aliphatic carbocycles. The maximum Gasteiger partial charge on any atom is 0.229 e. The monoisotopic (exact) mass is 345 g/mol. The summed E-state index contributed by atoms with van der Waals surface area (Å²) < 4.78 is 5.77. The van der Waals surface area contributed by atoms with Gasteiger partial charge in [0.05, 0.1) is 17.7 Å². The van der Waals surface area contributed by atoms with Crippen molar-refractivity contribution in [1.29, 1.82) is 0 Å². The van der Waals surface area contributed by atoms with Gasteiger partial charge in [-0.25, -0.2) is 0 Å². The Morgan fingerprint density at radius 2 is 2.16 bits per heavy atom. The van der Waals surface area contributed by atoms with E-state index in [1.165, 1.54) is 0 Å². The summed E-state index contributed by atoms with van der Waals surface area (Å²) in [4.78, 5) is 20.0. The molecule has 138 valence electrons. The number of hydrogen-bond acceptors (Lipinski definition) is 4. The van der Waals surface area contributed by atoms with E-state index in [4.69, 9.17) is 10.5 Å². The van der Waals surface area contributed by atoms with Crippen molar-refractivity contribution in [2.75, 3.05) is 6.54 Å². The lowest BCUT2D eigenvalue weighted by Crippen LogP contribution is -2.48. The Hall–Kier alpha value is -1.62. The van der Waals surface area contributed by atoms with Gasteiger partial charge in [-0.2, -0.15) is 0 Å². The van der Waals surface area contributed by atoms with Crippen molar-refractivity contribution in [2.24, 2.45) is 17.1 Å². The number of nitrogens with two attached hydrogens (primary N) is 1. The Bertz CT molecular complexity index is 644. The number of rotatable bonds is 4. The summed E-state index contributed by atoms with van der Waals surface area (Å²) in [5.74, 6) is 1.37. The van der Waals surface area contributed by atoms with Crippen LogP contribution in [-0.2, 0) is 17.8 Å². The molecule has 2 atom stereocenters. The molecule has 0 aromatic carbocycles. The lowest BCUT2D eigenvalue weighted by molar-refractivity contribution is -0.145. The predicted molar refractivity (Wildman–Crippen MR) is 98.2 cm³/mol. The van der Waals surface area contributed by atoms with Gasteiger partial charge in [0.1, 0.15) is 5.75 Å². The zero-order valence-corrected chi connectivity index (χ0v) is 15.9. The van der Waals surface area contributed by atoms with Crippen LogP contribution in [0, 0.1) is 11.3 Å². The molecule has 1 fully saturated rings. The molecule has 5 nitrogen and oxygen atoms in total. The summed E-state index contributed by atoms with van der Waals surface area (Å²) in [5.41, 5.74) is 8.06. The molecular formula is C20H31N3O2. The molecule has 1 aromatic rings. The molecule has 0 saturated heterocycles. The van der Waals surface area contributed by atoms with Gasteiger partial charge in [0, 0.05) is 31.2 Å². The zero-order valence-electron chi connectivity index (χ0n) is 15.9. The largest absolute Gasteiger partial charge is 0.489 e. The van der Waals surface area contributed by atoms with Crippen molar-refractivity contribution < 1.29 is 9.53 Å². The van der Waals surface area contributed by atoms with E-state index in [1.54, 1.807) is 6.20 Å². The van der Waals surface area contributed by atoms with Crippen molar-refractivity contribution in [3.05, 3.63) is 23.5 Å². The highest BCUT2D eigenvalue weighted by molar-refractivity contribution is 5.83. The fraction of sp³-hybridized carbons (Fsp3) is 0.700. The number of nitrogens with zero attached hydrogens (tertiary/aromatic N) is 2. The highest BCUT2D eigenvalue weighted by atomic mass is 16.5. The fourth-order valence-corrected chi connectivity index (χ4v) is 4.31. The van der Waals surface area contributed by atoms with Gasteiger partial charge >= 0.3 is 0 Å². The van der Waals surface area contributed by atoms with Gasteiger partial charge in [0.25, 0.3) is 0 Å². The summed E-state index contributed by atoms with van der Waals surface area (Å²) in [6.45, 7) is 9.69. The number of hydrogen-bond donors (Lipinski definition) is 1. The number of amides is 1. The average Bonchev–Trinajstić information content (AvgIpc) is 2.96. The smallest absolute Gasteiger partial charge is 0.229 e. The van der Waals surface area contributed by atoms with Crippen LogP contribution >= 0.6 is 0 Å². The van der Waals surface area contributed by atoms with Crippen LogP contribution in [0.1, 0.15) is 58.2 Å². The van der Waals surface area contributed by atoms with Crippen LogP contribution in [0.3, 0.4) is 0 Å². The van der Waals surface area contributed by atoms with E-state index in [-0.39, 0.29) is 23.5 Å². The molecule has 1 saturated carbocycles. The number of aromatic nitrogens is 1. The van der Waals surface area contributed by atoms with Crippen LogP contribution in [0.15, 0.2) is 12.3 Å². The van der Waals surface area contributed by atoms with Crippen molar-refractivity contribution in [3.8, 4) is 5.75 Å². The Balaban J connectivity index is 1.80. The second-order valence-corrected chi connectivity index (χ2v) is 8.23. The van der Waals surface area contributed by atoms with E-state index in [9.17, 15) is 4.79 Å². The van der Waals surface area contributed by atoms with E-state index in [2.05, 4.69) is 18.8 Å². The molecule has 25 heavy (non-hydrogen) atoms. The maximum absolute atomic E-state index is 13.4. The van der Waals surface area contributed by atoms with Crippen LogP contribution in [0.4, 0.5) is 0 Å². The van der Waals surface area contributed by atoms with Crippen molar-refractivity contribution in [2.45, 2.75) is 72.1 Å². The third-order valence-corrected chi connectivity index (χ3v) is 5.79. The molecule has 1 aliphatic heterocycles. The first-order valence-corrected chi connectivity index (χ1v) is 9.51. The molecule has 5 heteroatoms. The topological polar surface area (TPSA) is 68.5 Å². The predicted octanol–water partition coefficient (Wildman–Crippen LogP) is 2.91. The van der Waals surface area contributed by atoms with Gasteiger partial charge in [-0.3, -0.25) is 9.78 Å². The second-order valence-electron chi connectivity index (χ2n) is 8.23. The third kappa shape index (κ3) is 3.52. The third-order valence-electron chi connectivity index (χ3n) is 5.79. The summed E-state index contributed by atoms with van der Waals surface area (Å²) in [7, 11) is 0. The summed E-state index contributed by atoms with van der Waals surface area (Å²) >= 11 is 0. The molecule has 2 aliphatic rings. The summed E-state index contributed by atoms with van der Waals surface area (Å²) in [5, 5.41) is 0. The van der Waals surface area contributed by atoms with Gasteiger partial charge in [-0.1, -0.05) is 13.8 Å². The van der Waals surface area contributed by atoms with Gasteiger partial charge in [-0.15, -0.1) is 0 Å². The first-order valence-electron chi connectivity index (χ1n) is 9.51. The number of carbonyl (C=O) groups is 1. The zero-order chi connectivity index (χ0) is 18.2. The van der Waals surface area contributed by atoms with Crippen LogP contribution in [-0.4, -0.2) is 34.5 Å². The van der Waals surface area contributed by atoms with Gasteiger partial charge < -0.3 is 15.4 Å². The minimum Gasteiger partial charge on any atom is -0.489 e. The number of carbonyl (C=O) groups excluding carboxylic acids is 1. The van der Waals surface area contributed by atoms with E-state index in [0.29, 0.717) is 12.5 Å². The van der Waals surface area contributed by atoms with E-state index < -0.39 is 0 Å². The molecule has 2 N–H and O–H groups in total. The molecule has 0 bridgehead atoms. The highest BCUT2D eigenvalue weighted by Crippen LogP contribution is 2.45. The minimum absolute atomic E-state index is 0.116. The summed E-state index contributed by atoms with van der Waals surface area (Å²) in [6, 6.07) is 2.20. The van der Waals surface area contributed by atoms with Crippen LogP contribution in [0.2, 0.25) is 0 Å². The Labute approximate surface area is 150 Å². The lowest BCUT2D eigenvalue weighted by atomic mass is 9.74. The standard InChI is InChI=1S/C20H31N3O2/c1-13(2)20(7-5-16(21)10-20)19(24)23-8-6-18-15(12-23)9-17(11-22-18)25-14(3)4/h9,11,13-14,16H,5-8,10,12,21H2,1-4H3. The summed E-state index contributed by atoms with van der Waals surface area (Å²) in [6.07, 6.45) is 5.38.